The minimum absolute atomic E-state index is 0.203. The maximum absolute atomic E-state index is 12.6. The van der Waals surface area contributed by atoms with Crippen LogP contribution in [0.2, 0.25) is 0 Å². The molecule has 0 saturated carbocycles. The summed E-state index contributed by atoms with van der Waals surface area (Å²) < 4.78 is 1.74. The SMILES string of the molecule is C=CCn1c(=S)[nH]c2cc(C(=O)Nc3ccc([C@@H](C)CC)cc3)ccc2c1=O. The number of aromatic amines is 1. The Bertz CT molecular complexity index is 1140. The third kappa shape index (κ3) is 3.97. The number of fused-ring (bicyclic) bond motifs is 1. The number of hydrogen-bond acceptors (Lipinski definition) is 3. The molecule has 1 amide bonds. The van der Waals surface area contributed by atoms with Crippen LogP contribution in [0.25, 0.3) is 10.9 Å². The topological polar surface area (TPSA) is 66.9 Å². The Morgan fingerprint density at radius 1 is 1.29 bits per heavy atom. The molecule has 0 bridgehead atoms. The molecule has 3 rings (SSSR count). The van der Waals surface area contributed by atoms with Crippen molar-refractivity contribution in [3.05, 3.63) is 81.4 Å². The first-order chi connectivity index (χ1) is 13.4. The van der Waals surface area contributed by atoms with Gasteiger partial charge >= 0.3 is 0 Å². The van der Waals surface area contributed by atoms with Gasteiger partial charge in [0.1, 0.15) is 0 Å². The fraction of sp³-hybridized carbons (Fsp3) is 0.227. The molecule has 0 spiro atoms. The third-order valence-electron chi connectivity index (χ3n) is 4.91. The van der Waals surface area contributed by atoms with Crippen LogP contribution in [0.1, 0.15) is 42.1 Å². The maximum Gasteiger partial charge on any atom is 0.262 e. The summed E-state index contributed by atoms with van der Waals surface area (Å²) in [5.74, 6) is 0.242. The Kier molecular flexibility index (Phi) is 5.90. The van der Waals surface area contributed by atoms with Gasteiger partial charge in [0.05, 0.1) is 10.9 Å². The summed E-state index contributed by atoms with van der Waals surface area (Å²) in [4.78, 5) is 28.2. The van der Waals surface area contributed by atoms with Crippen molar-refractivity contribution >= 4 is 34.7 Å². The fourth-order valence-corrected chi connectivity index (χ4v) is 3.29. The van der Waals surface area contributed by atoms with Crippen LogP contribution in [0, 0.1) is 4.77 Å². The summed E-state index contributed by atoms with van der Waals surface area (Å²) in [6, 6.07) is 12.8. The van der Waals surface area contributed by atoms with E-state index in [9.17, 15) is 9.59 Å². The third-order valence-corrected chi connectivity index (χ3v) is 5.23. The minimum Gasteiger partial charge on any atom is -0.332 e. The second-order valence-electron chi connectivity index (χ2n) is 6.78. The van der Waals surface area contributed by atoms with E-state index in [1.54, 1.807) is 24.3 Å². The van der Waals surface area contributed by atoms with Crippen molar-refractivity contribution in [3.63, 3.8) is 0 Å². The van der Waals surface area contributed by atoms with Crippen molar-refractivity contribution in [1.29, 1.82) is 0 Å². The van der Waals surface area contributed by atoms with Crippen LogP contribution in [-0.2, 0) is 6.54 Å². The highest BCUT2D eigenvalue weighted by Gasteiger charge is 2.11. The number of H-pyrrole nitrogens is 1. The van der Waals surface area contributed by atoms with Gasteiger partial charge in [-0.15, -0.1) is 6.58 Å². The van der Waals surface area contributed by atoms with Crippen molar-refractivity contribution in [2.24, 2.45) is 0 Å². The number of nitrogens with one attached hydrogen (secondary N) is 2. The zero-order chi connectivity index (χ0) is 20.3. The number of allylic oxidation sites excluding steroid dienone is 1. The molecule has 1 atom stereocenters. The van der Waals surface area contributed by atoms with E-state index in [4.69, 9.17) is 12.2 Å². The number of carbonyl (C=O) groups excluding carboxylic acids is 1. The average Bonchev–Trinajstić information content (AvgIpc) is 2.70. The molecule has 28 heavy (non-hydrogen) atoms. The number of hydrogen-bond donors (Lipinski definition) is 2. The first-order valence-electron chi connectivity index (χ1n) is 9.23. The van der Waals surface area contributed by atoms with Crippen LogP contribution < -0.4 is 10.9 Å². The normalized spacial score (nSPS) is 11.9. The van der Waals surface area contributed by atoms with Gasteiger partial charge < -0.3 is 10.3 Å². The van der Waals surface area contributed by atoms with Crippen molar-refractivity contribution in [2.75, 3.05) is 5.32 Å². The van der Waals surface area contributed by atoms with E-state index in [0.717, 1.165) is 12.1 Å². The van der Waals surface area contributed by atoms with Crippen LogP contribution >= 0.6 is 12.2 Å². The number of nitrogens with zero attached hydrogens (tertiary/aromatic N) is 1. The van der Waals surface area contributed by atoms with Gasteiger partial charge in [0.25, 0.3) is 11.5 Å². The van der Waals surface area contributed by atoms with E-state index >= 15 is 0 Å². The Hall–Kier alpha value is -2.99. The molecule has 0 aliphatic rings. The zero-order valence-corrected chi connectivity index (χ0v) is 16.8. The van der Waals surface area contributed by atoms with E-state index in [1.807, 2.05) is 24.3 Å². The summed E-state index contributed by atoms with van der Waals surface area (Å²) in [7, 11) is 0. The van der Waals surface area contributed by atoms with E-state index < -0.39 is 0 Å². The zero-order valence-electron chi connectivity index (χ0n) is 16.0. The Morgan fingerprint density at radius 3 is 2.64 bits per heavy atom. The van der Waals surface area contributed by atoms with Gasteiger partial charge in [0.15, 0.2) is 4.77 Å². The van der Waals surface area contributed by atoms with Crippen molar-refractivity contribution in [2.45, 2.75) is 32.7 Å². The smallest absolute Gasteiger partial charge is 0.262 e. The lowest BCUT2D eigenvalue weighted by Gasteiger charge is -2.11. The Labute approximate surface area is 168 Å². The average molecular weight is 394 g/mol. The summed E-state index contributed by atoms with van der Waals surface area (Å²) in [5.41, 5.74) is 2.76. The molecule has 0 unspecified atom stereocenters. The number of amides is 1. The highest BCUT2D eigenvalue weighted by atomic mass is 32.1. The molecule has 1 aromatic heterocycles. The predicted octanol–water partition coefficient (Wildman–Crippen LogP) is 5.01. The van der Waals surface area contributed by atoms with Crippen LogP contribution in [0.4, 0.5) is 5.69 Å². The molecule has 0 fully saturated rings. The predicted molar refractivity (Wildman–Crippen MR) is 117 cm³/mol. The Balaban J connectivity index is 1.88. The second-order valence-corrected chi connectivity index (χ2v) is 7.17. The monoisotopic (exact) mass is 393 g/mol. The highest BCUT2D eigenvalue weighted by Crippen LogP contribution is 2.21. The van der Waals surface area contributed by atoms with Crippen molar-refractivity contribution in [3.8, 4) is 0 Å². The fourth-order valence-electron chi connectivity index (χ4n) is 3.02. The van der Waals surface area contributed by atoms with Gasteiger partial charge in [0, 0.05) is 17.8 Å². The summed E-state index contributed by atoms with van der Waals surface area (Å²) in [6.45, 7) is 8.30. The number of benzene rings is 2. The lowest BCUT2D eigenvalue weighted by atomic mass is 9.98. The molecule has 5 nitrogen and oxygen atoms in total. The number of anilines is 1. The van der Waals surface area contributed by atoms with Gasteiger partial charge in [0.2, 0.25) is 0 Å². The standard InChI is InChI=1S/C22H23N3O2S/c1-4-12-25-21(27)18-11-8-16(13-19(18)24-22(25)28)20(26)23-17-9-6-15(7-10-17)14(3)5-2/h4,6-11,13-14H,1,5,12H2,2-3H3,(H,23,26)(H,24,28)/t14-/m0/s1. The number of aromatic nitrogens is 2. The molecule has 3 aromatic rings. The minimum atomic E-state index is -0.243. The van der Waals surface area contributed by atoms with Crippen molar-refractivity contribution < 1.29 is 4.79 Å². The van der Waals surface area contributed by atoms with E-state index in [-0.39, 0.29) is 11.5 Å². The molecule has 2 N–H and O–H groups in total. The molecular weight excluding hydrogens is 370 g/mol. The van der Waals surface area contributed by atoms with Crippen LogP contribution in [-0.4, -0.2) is 15.5 Å². The summed E-state index contributed by atoms with van der Waals surface area (Å²) in [5, 5.41) is 3.37. The maximum atomic E-state index is 12.6. The van der Waals surface area contributed by atoms with Gasteiger partial charge in [-0.1, -0.05) is 32.1 Å². The van der Waals surface area contributed by atoms with Crippen LogP contribution in [0.5, 0.6) is 0 Å². The first-order valence-corrected chi connectivity index (χ1v) is 9.64. The van der Waals surface area contributed by atoms with Gasteiger partial charge in [-0.2, -0.15) is 0 Å². The summed E-state index contributed by atoms with van der Waals surface area (Å²) in [6.07, 6.45) is 2.68. The molecule has 6 heteroatoms. The number of carbonyl (C=O) groups is 1. The summed E-state index contributed by atoms with van der Waals surface area (Å²) >= 11 is 5.25. The molecule has 0 saturated heterocycles. The molecule has 0 aliphatic carbocycles. The Morgan fingerprint density at radius 2 is 2.00 bits per heavy atom. The quantitative estimate of drug-likeness (QED) is 0.457. The molecular formula is C22H23N3O2S. The largest absolute Gasteiger partial charge is 0.332 e. The number of rotatable bonds is 6. The van der Waals surface area contributed by atoms with Crippen molar-refractivity contribution in [1.82, 2.24) is 9.55 Å². The van der Waals surface area contributed by atoms with Crippen LogP contribution in [0.3, 0.4) is 0 Å². The van der Waals surface area contributed by atoms with E-state index in [1.165, 1.54) is 10.1 Å². The first kappa shape index (κ1) is 19.8. The lowest BCUT2D eigenvalue weighted by Crippen LogP contribution is -2.22. The molecule has 1 heterocycles. The van der Waals surface area contributed by atoms with Gasteiger partial charge in [-0.25, -0.2) is 0 Å². The second kappa shape index (κ2) is 8.35. The lowest BCUT2D eigenvalue weighted by molar-refractivity contribution is 0.102. The molecule has 144 valence electrons. The molecule has 0 radical (unpaired) electrons. The van der Waals surface area contributed by atoms with E-state index in [2.05, 4.69) is 30.7 Å². The van der Waals surface area contributed by atoms with E-state index in [0.29, 0.717) is 33.7 Å². The van der Waals surface area contributed by atoms with Gasteiger partial charge in [-0.05, 0) is 60.5 Å². The highest BCUT2D eigenvalue weighted by molar-refractivity contribution is 7.71. The van der Waals surface area contributed by atoms with Gasteiger partial charge in [-0.3, -0.25) is 14.2 Å². The van der Waals surface area contributed by atoms with Crippen LogP contribution in [0.15, 0.2) is 59.9 Å². The molecule has 0 aliphatic heterocycles. The molecule has 2 aromatic carbocycles.